The lowest BCUT2D eigenvalue weighted by Crippen LogP contribution is -2.48. The van der Waals surface area contributed by atoms with E-state index in [-0.39, 0.29) is 21.0 Å². The lowest BCUT2D eigenvalue weighted by atomic mass is 9.48. The summed E-state index contributed by atoms with van der Waals surface area (Å²) in [6.07, 6.45) is 5.98. The molecule has 6 rings (SSSR count). The molecule has 1 amide bonds. The van der Waals surface area contributed by atoms with Crippen molar-refractivity contribution in [3.8, 4) is 0 Å². The molecule has 4 aliphatic rings. The van der Waals surface area contributed by atoms with E-state index >= 15 is 4.39 Å². The molecular formula is C31H38FNO6S2. The number of sulfone groups is 1. The number of ether oxygens (including phenoxy) is 1. The number of hydrogen-bond acceptors (Lipinski definition) is 6. The zero-order valence-electron chi connectivity index (χ0n) is 23.7. The highest BCUT2D eigenvalue weighted by Crippen LogP contribution is 2.61. The van der Waals surface area contributed by atoms with Crippen LogP contribution in [0.25, 0.3) is 0 Å². The molecule has 2 N–H and O–H groups in total. The lowest BCUT2D eigenvalue weighted by Gasteiger charge is -2.57. The number of carbonyl (C=O) groups is 2. The number of amides is 1. The third-order valence-corrected chi connectivity index (χ3v) is 11.5. The number of hydrogen-bond donors (Lipinski definition) is 2. The fourth-order valence-corrected chi connectivity index (χ4v) is 9.63. The first-order chi connectivity index (χ1) is 19.2. The first-order valence-corrected chi connectivity index (χ1v) is 16.8. The molecule has 0 heterocycles. The number of carbonyl (C=O) groups excluding carboxylic acids is 1. The van der Waals surface area contributed by atoms with Gasteiger partial charge in [0.05, 0.1) is 9.79 Å². The van der Waals surface area contributed by atoms with Crippen LogP contribution in [-0.2, 0) is 30.5 Å². The molecule has 4 fully saturated rings. The number of aliphatic carboxylic acids is 1. The number of alkyl carbamates (subject to hydrolysis) is 1. The molecule has 4 bridgehead atoms. The van der Waals surface area contributed by atoms with Gasteiger partial charge in [-0.1, -0.05) is 18.2 Å². The molecule has 0 spiro atoms. The van der Waals surface area contributed by atoms with E-state index in [0.717, 1.165) is 24.8 Å². The minimum atomic E-state index is -3.91. The number of nitrogens with one attached hydrogen (secondary N) is 1. The molecule has 0 aliphatic heterocycles. The van der Waals surface area contributed by atoms with Gasteiger partial charge in [0.15, 0.2) is 0 Å². The molecule has 4 aliphatic carbocycles. The van der Waals surface area contributed by atoms with Gasteiger partial charge < -0.3 is 15.2 Å². The molecule has 41 heavy (non-hydrogen) atoms. The smallest absolute Gasteiger partial charge is 0.408 e. The van der Waals surface area contributed by atoms with Crippen molar-refractivity contribution in [2.24, 2.45) is 17.8 Å². The number of benzene rings is 2. The van der Waals surface area contributed by atoms with E-state index in [1.54, 1.807) is 45.0 Å². The Morgan fingerprint density at radius 1 is 1.02 bits per heavy atom. The van der Waals surface area contributed by atoms with Gasteiger partial charge in [-0.3, -0.25) is 0 Å². The van der Waals surface area contributed by atoms with Crippen LogP contribution in [0.5, 0.6) is 0 Å². The van der Waals surface area contributed by atoms with Crippen molar-refractivity contribution in [1.82, 2.24) is 5.32 Å². The molecule has 7 nitrogen and oxygen atoms in total. The van der Waals surface area contributed by atoms with Gasteiger partial charge in [-0.2, -0.15) is 11.8 Å². The van der Waals surface area contributed by atoms with Crippen LogP contribution in [0.3, 0.4) is 0 Å². The fraction of sp³-hybridized carbons (Fsp3) is 0.548. The van der Waals surface area contributed by atoms with Crippen LogP contribution >= 0.6 is 11.8 Å². The van der Waals surface area contributed by atoms with E-state index < -0.39 is 39.4 Å². The zero-order valence-corrected chi connectivity index (χ0v) is 25.3. The number of carboxylic acid groups (broad SMARTS) is 1. The average Bonchev–Trinajstić information content (AvgIpc) is 2.86. The van der Waals surface area contributed by atoms with Gasteiger partial charge in [-0.05, 0) is 118 Å². The summed E-state index contributed by atoms with van der Waals surface area (Å²) in [5.41, 5.74) is 0.579. The number of carboxylic acids is 1. The van der Waals surface area contributed by atoms with E-state index in [2.05, 4.69) is 5.32 Å². The van der Waals surface area contributed by atoms with Crippen LogP contribution in [-0.4, -0.2) is 43.0 Å². The Kier molecular flexibility index (Phi) is 8.20. The largest absolute Gasteiger partial charge is 0.480 e. The highest BCUT2D eigenvalue weighted by molar-refractivity contribution is 7.98. The Balaban J connectivity index is 1.22. The van der Waals surface area contributed by atoms with Crippen LogP contribution in [0, 0.1) is 23.6 Å². The fourth-order valence-electron chi connectivity index (χ4n) is 7.35. The summed E-state index contributed by atoms with van der Waals surface area (Å²) < 4.78 is 47.4. The van der Waals surface area contributed by atoms with Crippen molar-refractivity contribution in [3.05, 3.63) is 59.4 Å². The van der Waals surface area contributed by atoms with Gasteiger partial charge in [-0.25, -0.2) is 22.4 Å². The molecule has 10 heteroatoms. The topological polar surface area (TPSA) is 110 Å². The molecule has 1 atom stereocenters. The lowest BCUT2D eigenvalue weighted by molar-refractivity contribution is -0.138. The minimum absolute atomic E-state index is 0.0527. The highest BCUT2D eigenvalue weighted by Gasteiger charge is 2.52. The number of halogens is 1. The second kappa shape index (κ2) is 11.2. The van der Waals surface area contributed by atoms with Gasteiger partial charge >= 0.3 is 12.1 Å². The Hall–Kier alpha value is -2.59. The van der Waals surface area contributed by atoms with Gasteiger partial charge in [0.1, 0.15) is 17.5 Å². The summed E-state index contributed by atoms with van der Waals surface area (Å²) >= 11 is 1.29. The van der Waals surface area contributed by atoms with Crippen LogP contribution in [0.4, 0.5) is 9.18 Å². The third kappa shape index (κ3) is 6.58. The molecule has 2 aromatic carbocycles. The molecule has 4 saturated carbocycles. The van der Waals surface area contributed by atoms with E-state index in [1.165, 1.54) is 49.2 Å². The summed E-state index contributed by atoms with van der Waals surface area (Å²) in [6, 6.07) is 9.63. The Labute approximate surface area is 245 Å². The quantitative estimate of drug-likeness (QED) is 0.344. The van der Waals surface area contributed by atoms with Gasteiger partial charge in [-0.15, -0.1) is 0 Å². The average molecular weight is 604 g/mol. The maximum Gasteiger partial charge on any atom is 0.408 e. The van der Waals surface area contributed by atoms with E-state index in [4.69, 9.17) is 4.74 Å². The zero-order chi connectivity index (χ0) is 29.6. The molecule has 0 saturated heterocycles. The predicted octanol–water partition coefficient (Wildman–Crippen LogP) is 6.34. The van der Waals surface area contributed by atoms with E-state index in [1.807, 2.05) is 0 Å². The monoisotopic (exact) mass is 603 g/mol. The van der Waals surface area contributed by atoms with E-state index in [0.29, 0.717) is 29.1 Å². The van der Waals surface area contributed by atoms with Gasteiger partial charge in [0.2, 0.25) is 9.84 Å². The number of rotatable bonds is 9. The van der Waals surface area contributed by atoms with E-state index in [9.17, 15) is 23.1 Å². The van der Waals surface area contributed by atoms with Gasteiger partial charge in [0, 0.05) is 11.5 Å². The summed E-state index contributed by atoms with van der Waals surface area (Å²) in [5.74, 6) is 0.907. The maximum absolute atomic E-state index is 15.5. The Morgan fingerprint density at radius 2 is 1.59 bits per heavy atom. The normalized spacial score (nSPS) is 26.0. The molecular weight excluding hydrogens is 565 g/mol. The van der Waals surface area contributed by atoms with Crippen molar-refractivity contribution in [3.63, 3.8) is 0 Å². The SMILES string of the molecule is CC(C)(C)OC(=O)NC(CSCc1ccc(S(=O)(=O)c2ccc(C34CC5CC(CC(C5)C3)C4)c(F)c2)cc1)C(=O)O. The van der Waals surface area contributed by atoms with Gasteiger partial charge in [0.25, 0.3) is 0 Å². The highest BCUT2D eigenvalue weighted by atomic mass is 32.2. The molecule has 2 aromatic rings. The molecule has 1 unspecified atom stereocenters. The second-order valence-electron chi connectivity index (χ2n) is 13.0. The van der Waals surface area contributed by atoms with Crippen molar-refractivity contribution >= 4 is 33.7 Å². The van der Waals surface area contributed by atoms with Crippen molar-refractivity contribution < 1.29 is 32.2 Å². The minimum Gasteiger partial charge on any atom is -0.480 e. The number of thioether (sulfide) groups is 1. The van der Waals surface area contributed by atoms with Crippen LogP contribution in [0.15, 0.2) is 52.3 Å². The van der Waals surface area contributed by atoms with Crippen LogP contribution in [0.1, 0.15) is 70.4 Å². The maximum atomic E-state index is 15.5. The first kappa shape index (κ1) is 29.9. The van der Waals surface area contributed by atoms with Crippen molar-refractivity contribution in [1.29, 1.82) is 0 Å². The first-order valence-electron chi connectivity index (χ1n) is 14.2. The predicted molar refractivity (Wildman–Crippen MR) is 155 cm³/mol. The van der Waals surface area contributed by atoms with Crippen molar-refractivity contribution in [2.75, 3.05) is 5.75 Å². The molecule has 0 radical (unpaired) electrons. The van der Waals surface area contributed by atoms with Crippen LogP contribution in [0.2, 0.25) is 0 Å². The summed E-state index contributed by atoms with van der Waals surface area (Å²) in [4.78, 5) is 23.5. The Bertz CT molecular complexity index is 1380. The Morgan fingerprint density at radius 3 is 2.10 bits per heavy atom. The summed E-state index contributed by atoms with van der Waals surface area (Å²) in [7, 11) is -3.91. The van der Waals surface area contributed by atoms with Crippen LogP contribution < -0.4 is 5.32 Å². The third-order valence-electron chi connectivity index (χ3n) is 8.64. The second-order valence-corrected chi connectivity index (χ2v) is 16.0. The molecule has 222 valence electrons. The van der Waals surface area contributed by atoms with Crippen molar-refractivity contribution in [2.45, 2.75) is 91.9 Å². The molecule has 0 aromatic heterocycles. The standard InChI is InChI=1S/C31H38FNO6S2/c1-30(2,3)39-29(36)33-27(28(34)35)18-40-17-19-4-6-23(7-5-19)41(37,38)24-8-9-25(26(32)13-24)31-14-20-10-21(15-31)12-22(11-20)16-31/h4-9,13,20-22,27H,10-12,14-18H2,1-3H3,(H,33,36)(H,34,35). The summed E-state index contributed by atoms with van der Waals surface area (Å²) in [5, 5.41) is 11.8. The summed E-state index contributed by atoms with van der Waals surface area (Å²) in [6.45, 7) is 5.07.